The molecule has 7 nitrogen and oxygen atoms in total. The van der Waals surface area contributed by atoms with Crippen LogP contribution in [0.5, 0.6) is 17.4 Å². The largest absolute Gasteiger partial charge is 0.493 e. The number of imidazole rings is 1. The highest BCUT2D eigenvalue weighted by atomic mass is 16.5. The van der Waals surface area contributed by atoms with E-state index >= 15 is 0 Å². The fourth-order valence-corrected chi connectivity index (χ4v) is 2.96. The number of hydrogen-bond acceptors (Lipinski definition) is 5. The van der Waals surface area contributed by atoms with E-state index in [4.69, 9.17) is 9.26 Å². The standard InChI is InChI=1S/C19H17N3O4/c1-10-8-15(17-11(2)21-26-16(17)9-10)25-14-6-4-13(5-7-14)22-18(23)12(3)20-19(22)24/h4-9,23H,1-3H3,(H,20,24). The Balaban J connectivity index is 1.71. The number of aromatic nitrogens is 3. The zero-order valence-corrected chi connectivity index (χ0v) is 14.5. The van der Waals surface area contributed by atoms with Crippen LogP contribution in [-0.4, -0.2) is 19.8 Å². The number of nitrogens with one attached hydrogen (secondary N) is 1. The minimum absolute atomic E-state index is 0.107. The first kappa shape index (κ1) is 16.0. The number of aromatic amines is 1. The molecule has 0 aliphatic rings. The number of benzene rings is 2. The molecule has 4 rings (SSSR count). The quantitative estimate of drug-likeness (QED) is 0.587. The second-order valence-electron chi connectivity index (χ2n) is 6.21. The predicted molar refractivity (Wildman–Crippen MR) is 96.3 cm³/mol. The Morgan fingerprint density at radius 3 is 2.54 bits per heavy atom. The van der Waals surface area contributed by atoms with E-state index in [1.807, 2.05) is 26.0 Å². The van der Waals surface area contributed by atoms with Crippen LogP contribution in [-0.2, 0) is 0 Å². The molecule has 0 aliphatic heterocycles. The summed E-state index contributed by atoms with van der Waals surface area (Å²) < 4.78 is 12.5. The van der Waals surface area contributed by atoms with Crippen LogP contribution in [0.1, 0.15) is 17.0 Å². The van der Waals surface area contributed by atoms with Crippen molar-refractivity contribution in [3.05, 3.63) is 63.8 Å². The van der Waals surface area contributed by atoms with Gasteiger partial charge in [0.2, 0.25) is 5.88 Å². The van der Waals surface area contributed by atoms with E-state index < -0.39 is 5.69 Å². The summed E-state index contributed by atoms with van der Waals surface area (Å²) in [6.45, 7) is 5.45. The lowest BCUT2D eigenvalue weighted by atomic mass is 10.1. The summed E-state index contributed by atoms with van der Waals surface area (Å²) in [5.41, 5.74) is 2.99. The number of hydrogen-bond donors (Lipinski definition) is 2. The minimum atomic E-state index is -0.394. The van der Waals surface area contributed by atoms with E-state index in [2.05, 4.69) is 10.1 Å². The Hall–Kier alpha value is -3.48. The third kappa shape index (κ3) is 2.54. The van der Waals surface area contributed by atoms with Crippen LogP contribution in [0.15, 0.2) is 45.7 Å². The fraction of sp³-hybridized carbons (Fsp3) is 0.158. The topological polar surface area (TPSA) is 93.3 Å². The predicted octanol–water partition coefficient (Wildman–Crippen LogP) is 3.73. The molecular weight excluding hydrogens is 334 g/mol. The lowest BCUT2D eigenvalue weighted by Crippen LogP contribution is -2.14. The number of H-pyrrole nitrogens is 1. The summed E-state index contributed by atoms with van der Waals surface area (Å²) in [6.07, 6.45) is 0. The Labute approximate surface area is 148 Å². The summed E-state index contributed by atoms with van der Waals surface area (Å²) in [5.74, 6) is 1.15. The molecule has 0 spiro atoms. The van der Waals surface area contributed by atoms with Crippen LogP contribution < -0.4 is 10.4 Å². The third-order valence-electron chi connectivity index (χ3n) is 4.22. The van der Waals surface area contributed by atoms with Crippen LogP contribution in [0.4, 0.5) is 0 Å². The normalized spacial score (nSPS) is 11.2. The van der Waals surface area contributed by atoms with Gasteiger partial charge in [-0.2, -0.15) is 0 Å². The van der Waals surface area contributed by atoms with Crippen molar-refractivity contribution in [3.8, 4) is 23.1 Å². The van der Waals surface area contributed by atoms with Crippen molar-refractivity contribution in [1.82, 2.24) is 14.7 Å². The molecule has 132 valence electrons. The van der Waals surface area contributed by atoms with Gasteiger partial charge in [0, 0.05) is 0 Å². The number of fused-ring (bicyclic) bond motifs is 1. The van der Waals surface area contributed by atoms with Gasteiger partial charge in [-0.15, -0.1) is 0 Å². The minimum Gasteiger partial charge on any atom is -0.493 e. The Morgan fingerprint density at radius 2 is 1.88 bits per heavy atom. The molecule has 0 aliphatic carbocycles. The lowest BCUT2D eigenvalue weighted by molar-refractivity contribution is 0.436. The third-order valence-corrected chi connectivity index (χ3v) is 4.22. The molecule has 2 aromatic heterocycles. The second-order valence-corrected chi connectivity index (χ2v) is 6.21. The van der Waals surface area contributed by atoms with Gasteiger partial charge in [0.15, 0.2) is 5.58 Å². The maximum Gasteiger partial charge on any atom is 0.333 e. The molecule has 0 bridgehead atoms. The molecule has 4 aromatic rings. The monoisotopic (exact) mass is 351 g/mol. The number of aryl methyl sites for hydroxylation is 3. The first-order valence-corrected chi connectivity index (χ1v) is 8.09. The van der Waals surface area contributed by atoms with Gasteiger partial charge in [-0.3, -0.25) is 0 Å². The van der Waals surface area contributed by atoms with Crippen LogP contribution >= 0.6 is 0 Å². The Bertz CT molecular complexity index is 1170. The SMILES string of the molecule is Cc1cc(Oc2ccc(-n3c(O)c(C)[nH]c3=O)cc2)c2c(C)noc2c1. The van der Waals surface area contributed by atoms with Crippen molar-refractivity contribution >= 4 is 11.0 Å². The molecule has 0 atom stereocenters. The Morgan fingerprint density at radius 1 is 1.15 bits per heavy atom. The van der Waals surface area contributed by atoms with Gasteiger partial charge < -0.3 is 19.4 Å². The number of aromatic hydroxyl groups is 1. The van der Waals surface area contributed by atoms with E-state index in [-0.39, 0.29) is 5.88 Å². The zero-order valence-electron chi connectivity index (χ0n) is 14.5. The van der Waals surface area contributed by atoms with Crippen LogP contribution in [0.3, 0.4) is 0 Å². The molecule has 26 heavy (non-hydrogen) atoms. The van der Waals surface area contributed by atoms with Crippen molar-refractivity contribution in [3.63, 3.8) is 0 Å². The van der Waals surface area contributed by atoms with Gasteiger partial charge in [0.05, 0.1) is 22.5 Å². The number of nitrogens with zero attached hydrogens (tertiary/aromatic N) is 2. The van der Waals surface area contributed by atoms with Gasteiger partial charge >= 0.3 is 5.69 Å². The molecule has 0 unspecified atom stereocenters. The fourth-order valence-electron chi connectivity index (χ4n) is 2.96. The van der Waals surface area contributed by atoms with Gasteiger partial charge in [0.25, 0.3) is 0 Å². The van der Waals surface area contributed by atoms with E-state index in [0.29, 0.717) is 28.5 Å². The van der Waals surface area contributed by atoms with Gasteiger partial charge in [-0.25, -0.2) is 9.36 Å². The summed E-state index contributed by atoms with van der Waals surface area (Å²) in [5, 5.41) is 14.8. The van der Waals surface area contributed by atoms with E-state index in [1.54, 1.807) is 31.2 Å². The maximum atomic E-state index is 11.9. The van der Waals surface area contributed by atoms with Crippen molar-refractivity contribution in [2.24, 2.45) is 0 Å². The lowest BCUT2D eigenvalue weighted by Gasteiger charge is -2.09. The number of rotatable bonds is 3. The first-order chi connectivity index (χ1) is 12.4. The molecule has 0 fully saturated rings. The van der Waals surface area contributed by atoms with E-state index in [1.165, 1.54) is 4.57 Å². The maximum absolute atomic E-state index is 11.9. The smallest absolute Gasteiger partial charge is 0.333 e. The van der Waals surface area contributed by atoms with E-state index in [0.717, 1.165) is 16.6 Å². The van der Waals surface area contributed by atoms with Crippen molar-refractivity contribution in [2.45, 2.75) is 20.8 Å². The second kappa shape index (κ2) is 5.80. The molecule has 2 N–H and O–H groups in total. The van der Waals surface area contributed by atoms with Crippen LogP contribution in [0, 0.1) is 20.8 Å². The van der Waals surface area contributed by atoms with E-state index in [9.17, 15) is 9.90 Å². The first-order valence-electron chi connectivity index (χ1n) is 8.09. The van der Waals surface area contributed by atoms with Gasteiger partial charge in [-0.05, 0) is 62.7 Å². The molecule has 0 radical (unpaired) electrons. The highest BCUT2D eigenvalue weighted by molar-refractivity contribution is 5.87. The molecule has 0 saturated carbocycles. The summed E-state index contributed by atoms with van der Waals surface area (Å²) in [7, 11) is 0. The van der Waals surface area contributed by atoms with Crippen LogP contribution in [0.25, 0.3) is 16.7 Å². The molecule has 2 aromatic carbocycles. The average Bonchev–Trinajstić information content (AvgIpc) is 3.08. The summed E-state index contributed by atoms with van der Waals surface area (Å²) in [6, 6.07) is 10.7. The Kier molecular flexibility index (Phi) is 3.57. The summed E-state index contributed by atoms with van der Waals surface area (Å²) in [4.78, 5) is 14.5. The van der Waals surface area contributed by atoms with Crippen molar-refractivity contribution in [2.75, 3.05) is 0 Å². The molecular formula is C19H17N3O4. The molecule has 0 saturated heterocycles. The highest BCUT2D eigenvalue weighted by Crippen LogP contribution is 2.34. The molecule has 2 heterocycles. The number of ether oxygens (including phenoxy) is 1. The summed E-state index contributed by atoms with van der Waals surface area (Å²) >= 11 is 0. The van der Waals surface area contributed by atoms with Crippen molar-refractivity contribution in [1.29, 1.82) is 0 Å². The van der Waals surface area contributed by atoms with Gasteiger partial charge in [-0.1, -0.05) is 5.16 Å². The van der Waals surface area contributed by atoms with Crippen molar-refractivity contribution < 1.29 is 14.4 Å². The van der Waals surface area contributed by atoms with Gasteiger partial charge in [0.1, 0.15) is 11.5 Å². The molecule has 0 amide bonds. The molecule has 7 heteroatoms. The van der Waals surface area contributed by atoms with Crippen LogP contribution in [0.2, 0.25) is 0 Å². The highest BCUT2D eigenvalue weighted by Gasteiger charge is 2.14. The average molecular weight is 351 g/mol. The zero-order chi connectivity index (χ0) is 18.4.